The van der Waals surface area contributed by atoms with E-state index in [1.807, 2.05) is 30.1 Å². The van der Waals surface area contributed by atoms with Gasteiger partial charge in [-0.15, -0.1) is 0 Å². The minimum atomic E-state index is 0.0559. The molecule has 1 aliphatic rings. The number of carbonyl (C=O) groups excluding carboxylic acids is 1. The standard InChI is InChI=1S/C17H24N2O3/c1-18-11-14-6-7-19(12-14)17(20)5-4-13-8-15(21-2)10-16(9-13)22-3/h4-5,8-10,14,18H,6-7,11-12H2,1-3H3/b5-4+. The molecule has 1 aliphatic heterocycles. The van der Waals surface area contributed by atoms with Crippen molar-refractivity contribution in [2.75, 3.05) is 40.9 Å². The third kappa shape index (κ3) is 4.24. The lowest BCUT2D eigenvalue weighted by atomic mass is 10.1. The average Bonchev–Trinajstić information content (AvgIpc) is 3.01. The zero-order chi connectivity index (χ0) is 15.9. The number of amides is 1. The topological polar surface area (TPSA) is 50.8 Å². The Hall–Kier alpha value is -2.01. The van der Waals surface area contributed by atoms with Crippen molar-refractivity contribution in [3.8, 4) is 11.5 Å². The molecule has 1 fully saturated rings. The normalized spacial score (nSPS) is 18.0. The van der Waals surface area contributed by atoms with Crippen LogP contribution in [0.1, 0.15) is 12.0 Å². The van der Waals surface area contributed by atoms with Crippen molar-refractivity contribution in [2.24, 2.45) is 5.92 Å². The Labute approximate surface area is 131 Å². The molecule has 120 valence electrons. The number of carbonyl (C=O) groups is 1. The Kier molecular flexibility index (Phi) is 5.83. The maximum absolute atomic E-state index is 12.2. The second-order valence-corrected chi connectivity index (χ2v) is 5.48. The molecule has 22 heavy (non-hydrogen) atoms. The lowest BCUT2D eigenvalue weighted by Crippen LogP contribution is -2.28. The highest BCUT2D eigenvalue weighted by molar-refractivity contribution is 5.92. The first-order valence-electron chi connectivity index (χ1n) is 7.51. The summed E-state index contributed by atoms with van der Waals surface area (Å²) in [4.78, 5) is 14.1. The summed E-state index contributed by atoms with van der Waals surface area (Å²) >= 11 is 0. The van der Waals surface area contributed by atoms with E-state index in [4.69, 9.17) is 9.47 Å². The molecule has 1 unspecified atom stereocenters. The third-order valence-corrected chi connectivity index (χ3v) is 3.88. The van der Waals surface area contributed by atoms with Crippen molar-refractivity contribution < 1.29 is 14.3 Å². The van der Waals surface area contributed by atoms with Crippen molar-refractivity contribution in [1.29, 1.82) is 0 Å². The fourth-order valence-corrected chi connectivity index (χ4v) is 2.69. The molecule has 1 aromatic rings. The Morgan fingerprint density at radius 3 is 2.59 bits per heavy atom. The van der Waals surface area contributed by atoms with E-state index in [-0.39, 0.29) is 5.91 Å². The number of methoxy groups -OCH3 is 2. The van der Waals surface area contributed by atoms with E-state index < -0.39 is 0 Å². The molecule has 0 bridgehead atoms. The van der Waals surface area contributed by atoms with Crippen LogP contribution in [0.15, 0.2) is 24.3 Å². The van der Waals surface area contributed by atoms with E-state index >= 15 is 0 Å². The minimum Gasteiger partial charge on any atom is -0.497 e. The van der Waals surface area contributed by atoms with E-state index in [1.165, 1.54) is 0 Å². The van der Waals surface area contributed by atoms with Gasteiger partial charge in [-0.3, -0.25) is 4.79 Å². The summed E-state index contributed by atoms with van der Waals surface area (Å²) in [6.07, 6.45) is 4.49. The molecule has 0 saturated carbocycles. The van der Waals surface area contributed by atoms with Gasteiger partial charge in [-0.1, -0.05) is 0 Å². The Morgan fingerprint density at radius 2 is 2.00 bits per heavy atom. The summed E-state index contributed by atoms with van der Waals surface area (Å²) in [5.74, 6) is 2.03. The zero-order valence-electron chi connectivity index (χ0n) is 13.5. The van der Waals surface area contributed by atoms with Crippen LogP contribution in [0.2, 0.25) is 0 Å². The lowest BCUT2D eigenvalue weighted by Gasteiger charge is -2.14. The van der Waals surface area contributed by atoms with E-state index in [2.05, 4.69) is 5.32 Å². The van der Waals surface area contributed by atoms with E-state index in [0.29, 0.717) is 17.4 Å². The average molecular weight is 304 g/mol. The Bertz CT molecular complexity index is 520. The van der Waals surface area contributed by atoms with Gasteiger partial charge in [0.25, 0.3) is 0 Å². The number of nitrogens with one attached hydrogen (secondary N) is 1. The van der Waals surface area contributed by atoms with Gasteiger partial charge in [0.2, 0.25) is 5.91 Å². The first-order valence-corrected chi connectivity index (χ1v) is 7.51. The Balaban J connectivity index is 2.01. The van der Waals surface area contributed by atoms with Gasteiger partial charge in [0.15, 0.2) is 0 Å². The second-order valence-electron chi connectivity index (χ2n) is 5.48. The fraction of sp³-hybridized carbons (Fsp3) is 0.471. The van der Waals surface area contributed by atoms with Crippen molar-refractivity contribution in [2.45, 2.75) is 6.42 Å². The lowest BCUT2D eigenvalue weighted by molar-refractivity contribution is -0.125. The molecule has 2 rings (SSSR count). The van der Waals surface area contributed by atoms with Crippen LogP contribution in [0.3, 0.4) is 0 Å². The van der Waals surface area contributed by atoms with E-state index in [0.717, 1.165) is 31.6 Å². The van der Waals surface area contributed by atoms with Gasteiger partial charge >= 0.3 is 0 Å². The van der Waals surface area contributed by atoms with Crippen LogP contribution in [0, 0.1) is 5.92 Å². The highest BCUT2D eigenvalue weighted by atomic mass is 16.5. The van der Waals surface area contributed by atoms with Crippen LogP contribution in [-0.4, -0.2) is 51.7 Å². The van der Waals surface area contributed by atoms with Crippen molar-refractivity contribution in [3.63, 3.8) is 0 Å². The Morgan fingerprint density at radius 1 is 1.32 bits per heavy atom. The van der Waals surface area contributed by atoms with Crippen LogP contribution in [0.25, 0.3) is 6.08 Å². The van der Waals surface area contributed by atoms with Crippen LogP contribution in [-0.2, 0) is 4.79 Å². The molecular formula is C17H24N2O3. The predicted octanol–water partition coefficient (Wildman–Crippen LogP) is 1.78. The molecule has 1 heterocycles. The van der Waals surface area contributed by atoms with Crippen LogP contribution >= 0.6 is 0 Å². The number of benzene rings is 1. The number of ether oxygens (including phenoxy) is 2. The van der Waals surface area contributed by atoms with Gasteiger partial charge in [-0.2, -0.15) is 0 Å². The monoisotopic (exact) mass is 304 g/mol. The number of rotatable bonds is 6. The quantitative estimate of drug-likeness (QED) is 0.814. The smallest absolute Gasteiger partial charge is 0.246 e. The van der Waals surface area contributed by atoms with Crippen LogP contribution in [0.4, 0.5) is 0 Å². The molecule has 1 aromatic carbocycles. The third-order valence-electron chi connectivity index (χ3n) is 3.88. The van der Waals surface area contributed by atoms with Crippen LogP contribution < -0.4 is 14.8 Å². The summed E-state index contributed by atoms with van der Waals surface area (Å²) in [5, 5.41) is 3.17. The van der Waals surface area contributed by atoms with Crippen molar-refractivity contribution in [3.05, 3.63) is 29.8 Å². The number of likely N-dealkylation sites (tertiary alicyclic amines) is 1. The molecule has 5 nitrogen and oxygen atoms in total. The van der Waals surface area contributed by atoms with Gasteiger partial charge in [-0.05, 0) is 49.7 Å². The molecule has 1 N–H and O–H groups in total. The molecule has 0 aromatic heterocycles. The molecule has 0 aliphatic carbocycles. The first kappa shape index (κ1) is 16.4. The van der Waals surface area contributed by atoms with Gasteiger partial charge in [-0.25, -0.2) is 0 Å². The van der Waals surface area contributed by atoms with E-state index in [9.17, 15) is 4.79 Å². The zero-order valence-corrected chi connectivity index (χ0v) is 13.5. The molecule has 1 atom stereocenters. The molecule has 0 spiro atoms. The number of nitrogens with zero attached hydrogens (tertiary/aromatic N) is 1. The summed E-state index contributed by atoms with van der Waals surface area (Å²) in [6, 6.07) is 5.56. The minimum absolute atomic E-state index is 0.0559. The highest BCUT2D eigenvalue weighted by Gasteiger charge is 2.24. The molecular weight excluding hydrogens is 280 g/mol. The van der Waals surface area contributed by atoms with Crippen molar-refractivity contribution in [1.82, 2.24) is 10.2 Å². The molecule has 1 saturated heterocycles. The fourth-order valence-electron chi connectivity index (χ4n) is 2.69. The van der Waals surface area contributed by atoms with E-state index in [1.54, 1.807) is 26.4 Å². The maximum Gasteiger partial charge on any atom is 0.246 e. The van der Waals surface area contributed by atoms with Crippen LogP contribution in [0.5, 0.6) is 11.5 Å². The SMILES string of the molecule is CNCC1CCN(C(=O)/C=C/c2cc(OC)cc(OC)c2)C1. The number of hydrogen-bond donors (Lipinski definition) is 1. The second kappa shape index (κ2) is 7.84. The molecule has 5 heteroatoms. The van der Waals surface area contributed by atoms with Gasteiger partial charge in [0.05, 0.1) is 14.2 Å². The largest absolute Gasteiger partial charge is 0.497 e. The molecule has 0 radical (unpaired) electrons. The summed E-state index contributed by atoms with van der Waals surface area (Å²) in [6.45, 7) is 2.61. The summed E-state index contributed by atoms with van der Waals surface area (Å²) < 4.78 is 10.5. The maximum atomic E-state index is 12.2. The van der Waals surface area contributed by atoms with Gasteiger partial charge < -0.3 is 19.7 Å². The summed E-state index contributed by atoms with van der Waals surface area (Å²) in [7, 11) is 5.17. The van der Waals surface area contributed by atoms with Crippen molar-refractivity contribution >= 4 is 12.0 Å². The van der Waals surface area contributed by atoms with Gasteiger partial charge in [0.1, 0.15) is 11.5 Å². The predicted molar refractivity (Wildman–Crippen MR) is 87.2 cm³/mol. The highest BCUT2D eigenvalue weighted by Crippen LogP contribution is 2.23. The first-order chi connectivity index (χ1) is 10.7. The summed E-state index contributed by atoms with van der Waals surface area (Å²) in [5.41, 5.74) is 0.885. The van der Waals surface area contributed by atoms with Gasteiger partial charge in [0, 0.05) is 25.2 Å². The number of hydrogen-bond acceptors (Lipinski definition) is 4. The molecule has 1 amide bonds.